The summed E-state index contributed by atoms with van der Waals surface area (Å²) in [6.07, 6.45) is 4.24. The highest BCUT2D eigenvalue weighted by molar-refractivity contribution is 5.94. The highest BCUT2D eigenvalue weighted by Gasteiger charge is 2.08. The fraction of sp³-hybridized carbons (Fsp3) is 0.267. The third-order valence-corrected chi connectivity index (χ3v) is 2.93. The number of hydrogen-bond donors (Lipinski definition) is 2. The molecule has 0 saturated heterocycles. The van der Waals surface area contributed by atoms with Gasteiger partial charge in [0.25, 0.3) is 5.91 Å². The Kier molecular flexibility index (Phi) is 4.65. The first-order chi connectivity index (χ1) is 9.72. The maximum absolute atomic E-state index is 12.2. The van der Waals surface area contributed by atoms with Gasteiger partial charge in [-0.25, -0.2) is 4.98 Å². The lowest BCUT2D eigenvalue weighted by molar-refractivity contribution is 0.0950. The van der Waals surface area contributed by atoms with E-state index in [-0.39, 0.29) is 5.91 Å². The Morgan fingerprint density at radius 1 is 1.35 bits per heavy atom. The van der Waals surface area contributed by atoms with Crippen LogP contribution in [0.2, 0.25) is 0 Å². The van der Waals surface area contributed by atoms with Gasteiger partial charge in [-0.1, -0.05) is 13.0 Å². The molecule has 0 radical (unpaired) electrons. The summed E-state index contributed by atoms with van der Waals surface area (Å²) in [6.45, 7) is 2.48. The molecule has 104 valence electrons. The van der Waals surface area contributed by atoms with Crippen molar-refractivity contribution in [2.75, 3.05) is 12.4 Å². The smallest absolute Gasteiger partial charge is 0.251 e. The second-order valence-corrected chi connectivity index (χ2v) is 4.38. The largest absolute Gasteiger partial charge is 0.373 e. The van der Waals surface area contributed by atoms with Crippen LogP contribution in [-0.4, -0.2) is 22.9 Å². The Morgan fingerprint density at radius 3 is 2.85 bits per heavy atom. The molecule has 2 N–H and O–H groups in total. The summed E-state index contributed by atoms with van der Waals surface area (Å²) in [5.41, 5.74) is 2.48. The van der Waals surface area contributed by atoms with Crippen LogP contribution in [0.25, 0.3) is 0 Å². The van der Waals surface area contributed by atoms with Gasteiger partial charge in [0.15, 0.2) is 0 Å². The average molecular weight is 270 g/mol. The van der Waals surface area contributed by atoms with E-state index in [9.17, 15) is 4.79 Å². The molecule has 0 fully saturated rings. The SMILES string of the molecule is CCc1cc(C(=O)NCc2cccnc2)cc(NC)n1. The van der Waals surface area contributed by atoms with Crippen LogP contribution in [0, 0.1) is 0 Å². The summed E-state index contributed by atoms with van der Waals surface area (Å²) in [5, 5.41) is 5.85. The summed E-state index contributed by atoms with van der Waals surface area (Å²) >= 11 is 0. The highest BCUT2D eigenvalue weighted by atomic mass is 16.1. The van der Waals surface area contributed by atoms with E-state index in [0.717, 1.165) is 17.7 Å². The number of pyridine rings is 2. The molecule has 2 aromatic heterocycles. The molecular weight excluding hydrogens is 252 g/mol. The Hall–Kier alpha value is -2.43. The van der Waals surface area contributed by atoms with Crippen molar-refractivity contribution >= 4 is 11.7 Å². The number of aryl methyl sites for hydroxylation is 1. The van der Waals surface area contributed by atoms with Crippen LogP contribution < -0.4 is 10.6 Å². The van der Waals surface area contributed by atoms with Crippen LogP contribution in [0.15, 0.2) is 36.7 Å². The number of hydrogen-bond acceptors (Lipinski definition) is 4. The monoisotopic (exact) mass is 270 g/mol. The molecule has 0 aliphatic carbocycles. The molecule has 5 nitrogen and oxygen atoms in total. The Bertz CT molecular complexity index is 561. The van der Waals surface area contributed by atoms with E-state index in [1.165, 1.54) is 0 Å². The fourth-order valence-electron chi connectivity index (χ4n) is 1.82. The molecule has 1 amide bonds. The van der Waals surface area contributed by atoms with Crippen molar-refractivity contribution in [2.45, 2.75) is 19.9 Å². The molecule has 0 aliphatic heterocycles. The van der Waals surface area contributed by atoms with Crippen LogP contribution in [0.4, 0.5) is 5.82 Å². The number of nitrogens with one attached hydrogen (secondary N) is 2. The standard InChI is InChI=1S/C15H18N4O/c1-3-13-7-12(8-14(16-2)19-13)15(20)18-10-11-5-4-6-17-9-11/h4-9H,3,10H2,1-2H3,(H,16,19)(H,18,20). The first-order valence-electron chi connectivity index (χ1n) is 6.58. The molecule has 2 heterocycles. The molecular formula is C15H18N4O. The molecule has 0 bridgehead atoms. The van der Waals surface area contributed by atoms with Crippen molar-refractivity contribution in [3.63, 3.8) is 0 Å². The van der Waals surface area contributed by atoms with Crippen molar-refractivity contribution in [1.29, 1.82) is 0 Å². The third kappa shape index (κ3) is 3.54. The molecule has 0 atom stereocenters. The van der Waals surface area contributed by atoms with E-state index in [1.54, 1.807) is 25.5 Å². The first-order valence-corrected chi connectivity index (χ1v) is 6.58. The lowest BCUT2D eigenvalue weighted by Gasteiger charge is -2.08. The van der Waals surface area contributed by atoms with Gasteiger partial charge in [-0.2, -0.15) is 0 Å². The molecule has 5 heteroatoms. The van der Waals surface area contributed by atoms with Crippen LogP contribution in [0.1, 0.15) is 28.5 Å². The summed E-state index contributed by atoms with van der Waals surface area (Å²) < 4.78 is 0. The van der Waals surface area contributed by atoms with Crippen molar-refractivity contribution in [3.8, 4) is 0 Å². The molecule has 0 saturated carbocycles. The zero-order valence-corrected chi connectivity index (χ0v) is 11.7. The van der Waals surface area contributed by atoms with Crippen LogP contribution in [0.3, 0.4) is 0 Å². The maximum Gasteiger partial charge on any atom is 0.251 e. The maximum atomic E-state index is 12.2. The summed E-state index contributed by atoms with van der Waals surface area (Å²) in [5.74, 6) is 0.596. The molecule has 0 unspecified atom stereocenters. The first kappa shape index (κ1) is 14.0. The second-order valence-electron chi connectivity index (χ2n) is 4.38. The fourth-order valence-corrected chi connectivity index (χ4v) is 1.82. The molecule has 0 aliphatic rings. The van der Waals surface area contributed by atoms with Crippen LogP contribution in [0.5, 0.6) is 0 Å². The quantitative estimate of drug-likeness (QED) is 0.872. The van der Waals surface area contributed by atoms with Gasteiger partial charge in [0.05, 0.1) is 0 Å². The summed E-state index contributed by atoms with van der Waals surface area (Å²) in [7, 11) is 1.79. The Labute approximate surface area is 118 Å². The summed E-state index contributed by atoms with van der Waals surface area (Å²) in [6, 6.07) is 7.34. The number of carbonyl (C=O) groups excluding carboxylic acids is 1. The van der Waals surface area contributed by atoms with E-state index < -0.39 is 0 Å². The average Bonchev–Trinajstić information content (AvgIpc) is 2.52. The Morgan fingerprint density at radius 2 is 2.20 bits per heavy atom. The van der Waals surface area contributed by atoms with Gasteiger partial charge >= 0.3 is 0 Å². The van der Waals surface area contributed by atoms with Crippen molar-refractivity contribution in [1.82, 2.24) is 15.3 Å². The van der Waals surface area contributed by atoms with E-state index in [2.05, 4.69) is 20.6 Å². The van der Waals surface area contributed by atoms with Gasteiger partial charge < -0.3 is 10.6 Å². The van der Waals surface area contributed by atoms with Crippen molar-refractivity contribution < 1.29 is 4.79 Å². The van der Waals surface area contributed by atoms with Gasteiger partial charge in [0, 0.05) is 37.2 Å². The van der Waals surface area contributed by atoms with Gasteiger partial charge in [0.2, 0.25) is 0 Å². The zero-order chi connectivity index (χ0) is 14.4. The number of aromatic nitrogens is 2. The van der Waals surface area contributed by atoms with E-state index in [1.807, 2.05) is 25.1 Å². The number of nitrogens with zero attached hydrogens (tertiary/aromatic N) is 2. The second kappa shape index (κ2) is 6.65. The van der Waals surface area contributed by atoms with Gasteiger partial charge in [-0.3, -0.25) is 9.78 Å². The minimum Gasteiger partial charge on any atom is -0.373 e. The lowest BCUT2D eigenvalue weighted by Crippen LogP contribution is -2.23. The number of anilines is 1. The van der Waals surface area contributed by atoms with E-state index in [0.29, 0.717) is 17.9 Å². The minimum absolute atomic E-state index is 0.109. The van der Waals surface area contributed by atoms with Crippen molar-refractivity contribution in [2.24, 2.45) is 0 Å². The van der Waals surface area contributed by atoms with Gasteiger partial charge in [-0.15, -0.1) is 0 Å². The third-order valence-electron chi connectivity index (χ3n) is 2.93. The summed E-state index contributed by atoms with van der Waals surface area (Å²) in [4.78, 5) is 20.6. The molecule has 0 spiro atoms. The zero-order valence-electron chi connectivity index (χ0n) is 11.7. The highest BCUT2D eigenvalue weighted by Crippen LogP contribution is 2.11. The Balaban J connectivity index is 2.08. The lowest BCUT2D eigenvalue weighted by atomic mass is 10.1. The topological polar surface area (TPSA) is 66.9 Å². The number of carbonyl (C=O) groups is 1. The van der Waals surface area contributed by atoms with Crippen LogP contribution in [-0.2, 0) is 13.0 Å². The van der Waals surface area contributed by atoms with Crippen LogP contribution >= 0.6 is 0 Å². The predicted molar refractivity (Wildman–Crippen MR) is 78.6 cm³/mol. The minimum atomic E-state index is -0.109. The van der Waals surface area contributed by atoms with Gasteiger partial charge in [-0.05, 0) is 30.2 Å². The van der Waals surface area contributed by atoms with E-state index >= 15 is 0 Å². The van der Waals surface area contributed by atoms with Gasteiger partial charge in [0.1, 0.15) is 5.82 Å². The normalized spacial score (nSPS) is 10.1. The molecule has 2 aromatic rings. The predicted octanol–water partition coefficient (Wildman–Crippen LogP) is 2.01. The molecule has 2 rings (SSSR count). The molecule has 0 aromatic carbocycles. The molecule has 20 heavy (non-hydrogen) atoms. The van der Waals surface area contributed by atoms with E-state index in [4.69, 9.17) is 0 Å². The van der Waals surface area contributed by atoms with Crippen molar-refractivity contribution in [3.05, 3.63) is 53.5 Å². The number of rotatable bonds is 5. The number of amides is 1.